The molecule has 5 rings (SSSR count). The van der Waals surface area contributed by atoms with Crippen molar-refractivity contribution < 1.29 is 9.21 Å². The average Bonchev–Trinajstić information content (AvgIpc) is 3.31. The van der Waals surface area contributed by atoms with Crippen molar-refractivity contribution in [2.45, 2.75) is 11.7 Å². The number of hydrogen-bond donors (Lipinski definition) is 1. The number of aromatic nitrogens is 2. The molecule has 0 unspecified atom stereocenters. The van der Waals surface area contributed by atoms with Crippen molar-refractivity contribution in [2.75, 3.05) is 5.75 Å². The third-order valence-electron chi connectivity index (χ3n) is 5.36. The van der Waals surface area contributed by atoms with E-state index in [0.717, 1.165) is 16.6 Å². The number of rotatable bonds is 7. The summed E-state index contributed by atoms with van der Waals surface area (Å²) in [7, 11) is 0. The summed E-state index contributed by atoms with van der Waals surface area (Å²) in [6.45, 7) is 0.454. The lowest BCUT2D eigenvalue weighted by Crippen LogP contribution is -2.24. The highest BCUT2D eigenvalue weighted by Gasteiger charge is 2.17. The molecule has 0 spiro atoms. The third kappa shape index (κ3) is 5.31. The van der Waals surface area contributed by atoms with Gasteiger partial charge in [0.2, 0.25) is 5.91 Å². The number of nitrogens with one attached hydrogen (secondary N) is 1. The Morgan fingerprint density at radius 3 is 2.54 bits per heavy atom. The molecule has 0 saturated carbocycles. The highest BCUT2D eigenvalue weighted by Crippen LogP contribution is 2.28. The number of carbonyl (C=O) groups is 1. The van der Waals surface area contributed by atoms with Crippen LogP contribution in [0.1, 0.15) is 5.56 Å². The van der Waals surface area contributed by atoms with Crippen molar-refractivity contribution in [1.82, 2.24) is 14.9 Å². The van der Waals surface area contributed by atoms with Gasteiger partial charge in [-0.1, -0.05) is 71.9 Å². The Hall–Kier alpha value is -3.81. The van der Waals surface area contributed by atoms with Gasteiger partial charge in [-0.25, -0.2) is 9.78 Å². The van der Waals surface area contributed by atoms with Crippen molar-refractivity contribution in [1.29, 1.82) is 0 Å². The molecule has 6 nitrogen and oxygen atoms in total. The quantitative estimate of drug-likeness (QED) is 0.228. The molecular formula is C27H20ClN3O3S. The molecular weight excluding hydrogens is 482 g/mol. The molecule has 35 heavy (non-hydrogen) atoms. The number of nitrogens with zero attached hydrogens (tertiary/aromatic N) is 2. The first-order valence-corrected chi connectivity index (χ1v) is 12.3. The largest absolute Gasteiger partial charge is 0.422 e. The van der Waals surface area contributed by atoms with Crippen LogP contribution in [-0.4, -0.2) is 21.2 Å². The Kier molecular flexibility index (Phi) is 6.70. The molecule has 0 atom stereocenters. The van der Waals surface area contributed by atoms with Gasteiger partial charge in [-0.3, -0.25) is 9.36 Å². The molecule has 0 saturated heterocycles. The lowest BCUT2D eigenvalue weighted by Gasteiger charge is -2.08. The first-order chi connectivity index (χ1) is 17.1. The second-order valence-electron chi connectivity index (χ2n) is 7.79. The van der Waals surface area contributed by atoms with Crippen molar-refractivity contribution >= 4 is 40.2 Å². The van der Waals surface area contributed by atoms with Crippen molar-refractivity contribution in [3.8, 4) is 16.9 Å². The van der Waals surface area contributed by atoms with Crippen LogP contribution in [0.15, 0.2) is 105 Å². The van der Waals surface area contributed by atoms with Crippen molar-refractivity contribution in [3.05, 3.63) is 112 Å². The summed E-state index contributed by atoms with van der Waals surface area (Å²) in [5.41, 5.74) is 2.70. The summed E-state index contributed by atoms with van der Waals surface area (Å²) >= 11 is 7.36. The van der Waals surface area contributed by atoms with Gasteiger partial charge in [0.15, 0.2) is 5.16 Å². The SMILES string of the molecule is O=C(CSc1nc(-c2cc3ccccc3oc2=O)cn1-c1ccc(Cl)cc1)NCc1ccccc1. The Morgan fingerprint density at radius 2 is 1.74 bits per heavy atom. The number of amides is 1. The van der Waals surface area contributed by atoms with Gasteiger partial charge in [0.05, 0.1) is 17.0 Å². The van der Waals surface area contributed by atoms with Crippen LogP contribution in [0.25, 0.3) is 27.9 Å². The molecule has 0 fully saturated rings. The first-order valence-electron chi connectivity index (χ1n) is 10.9. The summed E-state index contributed by atoms with van der Waals surface area (Å²) in [6.07, 6.45) is 1.77. The molecule has 5 aromatic rings. The topological polar surface area (TPSA) is 77.1 Å². The maximum Gasteiger partial charge on any atom is 0.345 e. The molecule has 0 radical (unpaired) electrons. The predicted molar refractivity (Wildman–Crippen MR) is 139 cm³/mol. The molecule has 0 aliphatic heterocycles. The molecule has 8 heteroatoms. The lowest BCUT2D eigenvalue weighted by atomic mass is 10.1. The molecule has 2 aromatic heterocycles. The van der Waals surface area contributed by atoms with E-state index in [1.807, 2.05) is 65.2 Å². The van der Waals surface area contributed by atoms with Crippen LogP contribution in [-0.2, 0) is 11.3 Å². The number of imidazole rings is 1. The number of fused-ring (bicyclic) bond motifs is 1. The fraction of sp³-hybridized carbons (Fsp3) is 0.0741. The number of hydrogen-bond acceptors (Lipinski definition) is 5. The zero-order valence-electron chi connectivity index (χ0n) is 18.5. The predicted octanol–water partition coefficient (Wildman–Crippen LogP) is 5.71. The van der Waals surface area contributed by atoms with E-state index in [1.165, 1.54) is 11.8 Å². The number of carbonyl (C=O) groups excluding carboxylic acids is 1. The van der Waals surface area contributed by atoms with Crippen LogP contribution in [0.3, 0.4) is 0 Å². The Morgan fingerprint density at radius 1 is 1.00 bits per heavy atom. The Labute approximate surface area is 210 Å². The monoisotopic (exact) mass is 501 g/mol. The van der Waals surface area contributed by atoms with Crippen LogP contribution >= 0.6 is 23.4 Å². The molecule has 2 heterocycles. The van der Waals surface area contributed by atoms with Crippen LogP contribution in [0.2, 0.25) is 5.02 Å². The van der Waals surface area contributed by atoms with E-state index in [2.05, 4.69) is 5.32 Å². The fourth-order valence-electron chi connectivity index (χ4n) is 3.60. The van der Waals surface area contributed by atoms with Gasteiger partial charge in [0.1, 0.15) is 5.58 Å². The Balaban J connectivity index is 1.43. The number of para-hydroxylation sites is 1. The Bertz CT molecular complexity index is 1550. The first kappa shape index (κ1) is 23.0. The van der Waals surface area contributed by atoms with Crippen LogP contribution in [0.4, 0.5) is 0 Å². The summed E-state index contributed by atoms with van der Waals surface area (Å²) in [4.78, 5) is 29.9. The third-order valence-corrected chi connectivity index (χ3v) is 6.57. The molecule has 0 bridgehead atoms. The summed E-state index contributed by atoms with van der Waals surface area (Å²) < 4.78 is 7.34. The molecule has 0 aliphatic rings. The molecule has 1 N–H and O–H groups in total. The summed E-state index contributed by atoms with van der Waals surface area (Å²) in [6, 6.07) is 26.1. The van der Waals surface area contributed by atoms with Gasteiger partial charge in [0.25, 0.3) is 0 Å². The molecule has 1 amide bonds. The minimum absolute atomic E-state index is 0.115. The summed E-state index contributed by atoms with van der Waals surface area (Å²) in [5, 5.41) is 4.91. The minimum Gasteiger partial charge on any atom is -0.422 e. The number of thioether (sulfide) groups is 1. The lowest BCUT2D eigenvalue weighted by molar-refractivity contribution is -0.118. The molecule has 0 aliphatic carbocycles. The zero-order valence-corrected chi connectivity index (χ0v) is 20.1. The van der Waals surface area contributed by atoms with E-state index in [1.54, 1.807) is 30.5 Å². The molecule has 3 aromatic carbocycles. The van der Waals surface area contributed by atoms with Gasteiger partial charge in [-0.2, -0.15) is 0 Å². The maximum atomic E-state index is 12.7. The smallest absolute Gasteiger partial charge is 0.345 e. The van der Waals surface area contributed by atoms with Crippen LogP contribution in [0, 0.1) is 0 Å². The van der Waals surface area contributed by atoms with E-state index in [4.69, 9.17) is 21.0 Å². The van der Waals surface area contributed by atoms with E-state index >= 15 is 0 Å². The second-order valence-corrected chi connectivity index (χ2v) is 9.17. The van der Waals surface area contributed by atoms with Crippen molar-refractivity contribution in [2.24, 2.45) is 0 Å². The van der Waals surface area contributed by atoms with Gasteiger partial charge >= 0.3 is 5.63 Å². The van der Waals surface area contributed by atoms with Crippen molar-refractivity contribution in [3.63, 3.8) is 0 Å². The van der Waals surface area contributed by atoms with Gasteiger partial charge in [0, 0.05) is 28.8 Å². The van der Waals surface area contributed by atoms with E-state index in [-0.39, 0.29) is 11.7 Å². The van der Waals surface area contributed by atoms with E-state index < -0.39 is 5.63 Å². The standard InChI is InChI=1S/C27H20ClN3O3S/c28-20-10-12-21(13-11-20)31-16-23(22-14-19-8-4-5-9-24(19)34-26(22)33)30-27(31)35-17-25(32)29-15-18-6-2-1-3-7-18/h1-14,16H,15,17H2,(H,29,32). The van der Waals surface area contributed by atoms with Crippen LogP contribution in [0.5, 0.6) is 0 Å². The minimum atomic E-state index is -0.471. The zero-order chi connectivity index (χ0) is 24.2. The number of halogens is 1. The van der Waals surface area contributed by atoms with Crippen LogP contribution < -0.4 is 10.9 Å². The van der Waals surface area contributed by atoms with E-state index in [9.17, 15) is 9.59 Å². The van der Waals surface area contributed by atoms with Gasteiger partial charge < -0.3 is 9.73 Å². The fourth-order valence-corrected chi connectivity index (χ4v) is 4.55. The summed E-state index contributed by atoms with van der Waals surface area (Å²) in [5.74, 6) is 0.0553. The molecule has 174 valence electrons. The highest BCUT2D eigenvalue weighted by molar-refractivity contribution is 7.99. The average molecular weight is 502 g/mol. The number of benzene rings is 3. The maximum absolute atomic E-state index is 12.7. The van der Waals surface area contributed by atoms with Gasteiger partial charge in [-0.15, -0.1) is 0 Å². The highest BCUT2D eigenvalue weighted by atomic mass is 35.5. The normalized spacial score (nSPS) is 11.0. The second kappa shape index (κ2) is 10.2. The van der Waals surface area contributed by atoms with Gasteiger partial charge in [-0.05, 0) is 42.0 Å². The van der Waals surface area contributed by atoms with E-state index in [0.29, 0.717) is 33.6 Å².